The van der Waals surface area contributed by atoms with Gasteiger partial charge in [-0.15, -0.1) is 0 Å². The summed E-state index contributed by atoms with van der Waals surface area (Å²) in [7, 11) is 0. The van der Waals surface area contributed by atoms with Crippen LogP contribution in [0.1, 0.15) is 64.9 Å². The van der Waals surface area contributed by atoms with Gasteiger partial charge in [0.15, 0.2) is 0 Å². The molecule has 2 rings (SSSR count). The molecule has 1 aromatic rings. The van der Waals surface area contributed by atoms with Crippen LogP contribution in [-0.4, -0.2) is 18.7 Å². The van der Waals surface area contributed by atoms with Gasteiger partial charge in [0.25, 0.3) is 0 Å². The summed E-state index contributed by atoms with van der Waals surface area (Å²) in [5.74, 6) is 2.44. The standard InChI is InChI=1S/C19H31NO/c1-5-21-17-11-8-10-15(13-17)18-12-7-6-9-16(18)14-20-19(2,3)4/h8,10-11,13,16,18,20H,5-7,9,12,14H2,1-4H3. The van der Waals surface area contributed by atoms with Crippen molar-refractivity contribution in [3.8, 4) is 5.75 Å². The average Bonchev–Trinajstić information content (AvgIpc) is 2.45. The molecule has 0 bridgehead atoms. The molecule has 2 unspecified atom stereocenters. The van der Waals surface area contributed by atoms with Crippen molar-refractivity contribution in [3.63, 3.8) is 0 Å². The minimum Gasteiger partial charge on any atom is -0.494 e. The van der Waals surface area contributed by atoms with Crippen molar-refractivity contribution in [1.29, 1.82) is 0 Å². The first kappa shape index (κ1) is 16.4. The Hall–Kier alpha value is -1.02. The molecule has 21 heavy (non-hydrogen) atoms. The lowest BCUT2D eigenvalue weighted by atomic mass is 9.75. The molecular weight excluding hydrogens is 258 g/mol. The van der Waals surface area contributed by atoms with Crippen LogP contribution in [0.4, 0.5) is 0 Å². The van der Waals surface area contributed by atoms with Crippen LogP contribution in [-0.2, 0) is 0 Å². The minimum absolute atomic E-state index is 0.204. The van der Waals surface area contributed by atoms with Crippen molar-refractivity contribution in [3.05, 3.63) is 29.8 Å². The molecule has 0 aliphatic heterocycles. The lowest BCUT2D eigenvalue weighted by Crippen LogP contribution is -2.41. The SMILES string of the molecule is CCOc1cccc(C2CCCCC2CNC(C)(C)C)c1. The quantitative estimate of drug-likeness (QED) is 0.844. The Bertz CT molecular complexity index is 435. The van der Waals surface area contributed by atoms with Crippen molar-refractivity contribution in [2.75, 3.05) is 13.2 Å². The van der Waals surface area contributed by atoms with Crippen LogP contribution in [0.15, 0.2) is 24.3 Å². The maximum atomic E-state index is 5.67. The van der Waals surface area contributed by atoms with Crippen molar-refractivity contribution in [1.82, 2.24) is 5.32 Å². The first-order valence-electron chi connectivity index (χ1n) is 8.47. The molecule has 1 aliphatic carbocycles. The summed E-state index contributed by atoms with van der Waals surface area (Å²) < 4.78 is 5.67. The lowest BCUT2D eigenvalue weighted by Gasteiger charge is -2.34. The lowest BCUT2D eigenvalue weighted by molar-refractivity contribution is 0.268. The van der Waals surface area contributed by atoms with E-state index in [2.05, 4.69) is 50.4 Å². The molecule has 0 saturated heterocycles. The summed E-state index contributed by atoms with van der Waals surface area (Å²) in [6.45, 7) is 10.7. The highest BCUT2D eigenvalue weighted by atomic mass is 16.5. The van der Waals surface area contributed by atoms with Crippen LogP contribution in [0.2, 0.25) is 0 Å². The Morgan fingerprint density at radius 1 is 1.19 bits per heavy atom. The molecular formula is C19H31NO. The van der Waals surface area contributed by atoms with E-state index in [4.69, 9.17) is 4.74 Å². The minimum atomic E-state index is 0.204. The Kier molecular flexibility index (Phi) is 5.69. The summed E-state index contributed by atoms with van der Waals surface area (Å²) in [6.07, 6.45) is 5.38. The second kappa shape index (κ2) is 7.31. The topological polar surface area (TPSA) is 21.3 Å². The molecule has 118 valence electrons. The summed E-state index contributed by atoms with van der Waals surface area (Å²) in [6, 6.07) is 8.74. The maximum absolute atomic E-state index is 5.67. The molecule has 1 saturated carbocycles. The van der Waals surface area contributed by atoms with Crippen molar-refractivity contribution in [2.24, 2.45) is 5.92 Å². The molecule has 0 heterocycles. The van der Waals surface area contributed by atoms with Gasteiger partial charge in [0.1, 0.15) is 5.75 Å². The Morgan fingerprint density at radius 2 is 1.95 bits per heavy atom. The normalized spacial score (nSPS) is 23.0. The molecule has 2 atom stereocenters. The maximum Gasteiger partial charge on any atom is 0.119 e. The Morgan fingerprint density at radius 3 is 2.67 bits per heavy atom. The van der Waals surface area contributed by atoms with E-state index in [1.807, 2.05) is 6.92 Å². The number of nitrogens with one attached hydrogen (secondary N) is 1. The second-order valence-electron chi connectivity index (χ2n) is 7.29. The Labute approximate surface area is 130 Å². The average molecular weight is 289 g/mol. The number of rotatable bonds is 5. The van der Waals surface area contributed by atoms with Gasteiger partial charge in [-0.2, -0.15) is 0 Å². The molecule has 1 aromatic carbocycles. The fraction of sp³-hybridized carbons (Fsp3) is 0.684. The largest absolute Gasteiger partial charge is 0.494 e. The van der Waals surface area contributed by atoms with E-state index < -0.39 is 0 Å². The molecule has 2 nitrogen and oxygen atoms in total. The molecule has 0 spiro atoms. The molecule has 0 amide bonds. The third-order valence-electron chi connectivity index (χ3n) is 4.40. The molecule has 1 fully saturated rings. The fourth-order valence-corrected chi connectivity index (χ4v) is 3.33. The first-order chi connectivity index (χ1) is 9.99. The van der Waals surface area contributed by atoms with Gasteiger partial charge in [0, 0.05) is 5.54 Å². The van der Waals surface area contributed by atoms with E-state index in [1.165, 1.54) is 31.2 Å². The molecule has 2 heteroatoms. The van der Waals surface area contributed by atoms with Gasteiger partial charge < -0.3 is 10.1 Å². The van der Waals surface area contributed by atoms with E-state index in [0.717, 1.165) is 24.8 Å². The van der Waals surface area contributed by atoms with E-state index in [1.54, 1.807) is 0 Å². The third-order valence-corrected chi connectivity index (χ3v) is 4.40. The van der Waals surface area contributed by atoms with Crippen molar-refractivity contribution < 1.29 is 4.74 Å². The van der Waals surface area contributed by atoms with Gasteiger partial charge in [0.2, 0.25) is 0 Å². The highest BCUT2D eigenvalue weighted by Crippen LogP contribution is 2.38. The zero-order valence-electron chi connectivity index (χ0n) is 14.1. The van der Waals surface area contributed by atoms with Crippen LogP contribution in [0, 0.1) is 5.92 Å². The van der Waals surface area contributed by atoms with Gasteiger partial charge in [0.05, 0.1) is 6.61 Å². The molecule has 1 N–H and O–H groups in total. The molecule has 1 aliphatic rings. The number of hydrogen-bond acceptors (Lipinski definition) is 2. The van der Waals surface area contributed by atoms with Crippen molar-refractivity contribution >= 4 is 0 Å². The summed E-state index contributed by atoms with van der Waals surface area (Å²) in [5.41, 5.74) is 1.66. The number of hydrogen-bond donors (Lipinski definition) is 1. The van der Waals surface area contributed by atoms with E-state index in [0.29, 0.717) is 5.92 Å². The van der Waals surface area contributed by atoms with Crippen LogP contribution in [0.25, 0.3) is 0 Å². The third kappa shape index (κ3) is 5.03. The molecule has 0 radical (unpaired) electrons. The predicted molar refractivity (Wildman–Crippen MR) is 90.1 cm³/mol. The first-order valence-corrected chi connectivity index (χ1v) is 8.47. The number of benzene rings is 1. The zero-order chi connectivity index (χ0) is 15.3. The van der Waals surface area contributed by atoms with Gasteiger partial charge in [-0.05, 0) is 76.6 Å². The van der Waals surface area contributed by atoms with Gasteiger partial charge >= 0.3 is 0 Å². The predicted octanol–water partition coefficient (Wildman–Crippen LogP) is 4.75. The van der Waals surface area contributed by atoms with Crippen molar-refractivity contribution in [2.45, 2.75) is 64.8 Å². The van der Waals surface area contributed by atoms with Crippen LogP contribution < -0.4 is 10.1 Å². The smallest absolute Gasteiger partial charge is 0.119 e. The summed E-state index contributed by atoms with van der Waals surface area (Å²) >= 11 is 0. The van der Waals surface area contributed by atoms with Crippen LogP contribution >= 0.6 is 0 Å². The monoisotopic (exact) mass is 289 g/mol. The fourth-order valence-electron chi connectivity index (χ4n) is 3.33. The summed E-state index contributed by atoms with van der Waals surface area (Å²) in [4.78, 5) is 0. The van der Waals surface area contributed by atoms with E-state index in [9.17, 15) is 0 Å². The van der Waals surface area contributed by atoms with Gasteiger partial charge in [-0.3, -0.25) is 0 Å². The molecule has 0 aromatic heterocycles. The Balaban J connectivity index is 2.08. The second-order valence-corrected chi connectivity index (χ2v) is 7.29. The van der Waals surface area contributed by atoms with Gasteiger partial charge in [-0.25, -0.2) is 0 Å². The van der Waals surface area contributed by atoms with Gasteiger partial charge in [-0.1, -0.05) is 25.0 Å². The van der Waals surface area contributed by atoms with E-state index in [-0.39, 0.29) is 5.54 Å². The summed E-state index contributed by atoms with van der Waals surface area (Å²) in [5, 5.41) is 3.70. The number of ether oxygens (including phenoxy) is 1. The highest BCUT2D eigenvalue weighted by molar-refractivity contribution is 5.31. The van der Waals surface area contributed by atoms with E-state index >= 15 is 0 Å². The highest BCUT2D eigenvalue weighted by Gasteiger charge is 2.27. The zero-order valence-corrected chi connectivity index (χ0v) is 14.1. The van der Waals surface area contributed by atoms with Crippen LogP contribution in [0.5, 0.6) is 5.75 Å². The van der Waals surface area contributed by atoms with Crippen LogP contribution in [0.3, 0.4) is 0 Å².